The molecule has 9 heteroatoms. The lowest BCUT2D eigenvalue weighted by atomic mass is 10.2. The maximum absolute atomic E-state index is 11.6. The number of nitrogens with zero attached hydrogens (tertiary/aromatic N) is 6. The van der Waals surface area contributed by atoms with Crippen LogP contribution in [0.15, 0.2) is 12.5 Å². The molecule has 2 heterocycles. The third-order valence-corrected chi connectivity index (χ3v) is 3.58. The number of rotatable bonds is 5. The normalized spacial score (nSPS) is 12.7. The third-order valence-electron chi connectivity index (χ3n) is 2.75. The van der Waals surface area contributed by atoms with Crippen LogP contribution in [0.4, 0.5) is 0 Å². The zero-order valence-electron chi connectivity index (χ0n) is 11.4. The number of halogens is 1. The van der Waals surface area contributed by atoms with Gasteiger partial charge in [-0.2, -0.15) is 9.90 Å². The molecule has 2 aromatic rings. The van der Waals surface area contributed by atoms with Crippen molar-refractivity contribution in [2.45, 2.75) is 19.9 Å². The van der Waals surface area contributed by atoms with Gasteiger partial charge in [0.25, 0.3) is 0 Å². The van der Waals surface area contributed by atoms with Crippen molar-refractivity contribution in [3.63, 3.8) is 0 Å². The fourth-order valence-corrected chi connectivity index (χ4v) is 2.53. The Morgan fingerprint density at radius 1 is 1.45 bits per heavy atom. The van der Waals surface area contributed by atoms with Gasteiger partial charge in [0.1, 0.15) is 12.6 Å². The van der Waals surface area contributed by atoms with E-state index in [1.807, 2.05) is 7.05 Å². The van der Waals surface area contributed by atoms with E-state index in [2.05, 4.69) is 43.1 Å². The first-order valence-corrected chi connectivity index (χ1v) is 7.15. The Labute approximate surface area is 129 Å². The monoisotopic (exact) mass is 390 g/mol. The number of aromatic nitrogens is 6. The number of hydrogen-bond acceptors (Lipinski definition) is 6. The molecule has 1 atom stereocenters. The molecule has 0 spiro atoms. The van der Waals surface area contributed by atoms with Gasteiger partial charge in [-0.15, -0.1) is 10.2 Å². The van der Waals surface area contributed by atoms with Gasteiger partial charge in [-0.3, -0.25) is 9.48 Å². The van der Waals surface area contributed by atoms with Crippen LogP contribution >= 0.6 is 22.6 Å². The van der Waals surface area contributed by atoms with Gasteiger partial charge < -0.3 is 4.74 Å². The maximum atomic E-state index is 11.6. The SMILES string of the molecule is CC(C)C(=O)OCC(c1c(I)cnn1C)n1ncnn1. The summed E-state index contributed by atoms with van der Waals surface area (Å²) in [5, 5.41) is 15.8. The average Bonchev–Trinajstić information content (AvgIpc) is 3.03. The van der Waals surface area contributed by atoms with Gasteiger partial charge in [-0.05, 0) is 27.8 Å². The molecule has 20 heavy (non-hydrogen) atoms. The van der Waals surface area contributed by atoms with Crippen molar-refractivity contribution in [2.75, 3.05) is 6.61 Å². The second kappa shape index (κ2) is 6.29. The van der Waals surface area contributed by atoms with E-state index in [1.165, 1.54) is 11.1 Å². The molecule has 0 radical (unpaired) electrons. The fourth-order valence-electron chi connectivity index (χ4n) is 1.70. The Bertz CT molecular complexity index is 560. The minimum absolute atomic E-state index is 0.142. The maximum Gasteiger partial charge on any atom is 0.308 e. The summed E-state index contributed by atoms with van der Waals surface area (Å²) in [6.45, 7) is 3.72. The van der Waals surface area contributed by atoms with Gasteiger partial charge in [-0.1, -0.05) is 13.8 Å². The zero-order chi connectivity index (χ0) is 14.7. The molecule has 0 saturated heterocycles. The molecule has 0 aromatic carbocycles. The van der Waals surface area contributed by atoms with Gasteiger partial charge in [0.05, 0.1) is 21.4 Å². The predicted molar refractivity (Wildman–Crippen MR) is 77.7 cm³/mol. The second-order valence-corrected chi connectivity index (χ2v) is 5.72. The van der Waals surface area contributed by atoms with Crippen molar-refractivity contribution in [1.29, 1.82) is 0 Å². The lowest BCUT2D eigenvalue weighted by Crippen LogP contribution is -2.25. The summed E-state index contributed by atoms with van der Waals surface area (Å²) in [5.74, 6) is -0.433. The molecule has 0 N–H and O–H groups in total. The van der Waals surface area contributed by atoms with Crippen molar-refractivity contribution < 1.29 is 9.53 Å². The summed E-state index contributed by atoms with van der Waals surface area (Å²) in [5.41, 5.74) is 0.875. The molecule has 108 valence electrons. The zero-order valence-corrected chi connectivity index (χ0v) is 13.6. The molecule has 0 aliphatic rings. The number of hydrogen-bond donors (Lipinski definition) is 0. The van der Waals surface area contributed by atoms with Crippen LogP contribution in [-0.4, -0.2) is 42.6 Å². The number of esters is 1. The third kappa shape index (κ3) is 3.14. The van der Waals surface area contributed by atoms with E-state index in [0.717, 1.165) is 9.26 Å². The summed E-state index contributed by atoms with van der Waals surface area (Å²) in [7, 11) is 1.83. The first-order valence-electron chi connectivity index (χ1n) is 6.07. The molecule has 2 rings (SSSR count). The first-order chi connectivity index (χ1) is 9.50. The van der Waals surface area contributed by atoms with Crippen molar-refractivity contribution >= 4 is 28.6 Å². The van der Waals surface area contributed by atoms with Crippen LogP contribution in [0.25, 0.3) is 0 Å². The van der Waals surface area contributed by atoms with Crippen LogP contribution in [0.3, 0.4) is 0 Å². The standard InChI is InChI=1S/C11H15IN6O2/c1-7(2)11(19)20-5-9(18-15-6-13-16-18)10-8(12)4-14-17(10)3/h4,6-7,9H,5H2,1-3H3. The van der Waals surface area contributed by atoms with Crippen LogP contribution < -0.4 is 0 Å². The number of carbonyl (C=O) groups excluding carboxylic acids is 1. The van der Waals surface area contributed by atoms with E-state index in [4.69, 9.17) is 4.74 Å². The van der Waals surface area contributed by atoms with Crippen molar-refractivity contribution in [3.05, 3.63) is 21.8 Å². The van der Waals surface area contributed by atoms with Gasteiger partial charge in [0.2, 0.25) is 0 Å². The number of tetrazole rings is 1. The van der Waals surface area contributed by atoms with Gasteiger partial charge in [-0.25, -0.2) is 0 Å². The lowest BCUT2D eigenvalue weighted by molar-refractivity contribution is -0.148. The summed E-state index contributed by atoms with van der Waals surface area (Å²) < 4.78 is 7.98. The molecule has 0 saturated carbocycles. The molecule has 2 aromatic heterocycles. The van der Waals surface area contributed by atoms with Crippen molar-refractivity contribution in [2.24, 2.45) is 13.0 Å². The minimum atomic E-state index is -0.348. The quantitative estimate of drug-likeness (QED) is 0.555. The van der Waals surface area contributed by atoms with Crippen LogP contribution in [0.2, 0.25) is 0 Å². The van der Waals surface area contributed by atoms with E-state index in [9.17, 15) is 4.79 Å². The fraction of sp³-hybridized carbons (Fsp3) is 0.545. The minimum Gasteiger partial charge on any atom is -0.463 e. The first kappa shape index (κ1) is 14.9. The highest BCUT2D eigenvalue weighted by molar-refractivity contribution is 14.1. The molecule has 0 aliphatic heterocycles. The van der Waals surface area contributed by atoms with Crippen LogP contribution in [0.1, 0.15) is 25.6 Å². The number of aryl methyl sites for hydroxylation is 1. The van der Waals surface area contributed by atoms with E-state index < -0.39 is 0 Å². The molecular weight excluding hydrogens is 375 g/mol. The molecule has 0 bridgehead atoms. The smallest absolute Gasteiger partial charge is 0.308 e. The van der Waals surface area contributed by atoms with Crippen LogP contribution in [-0.2, 0) is 16.6 Å². The highest BCUT2D eigenvalue weighted by Crippen LogP contribution is 2.22. The summed E-state index contributed by atoms with van der Waals surface area (Å²) in [4.78, 5) is 13.1. The highest BCUT2D eigenvalue weighted by atomic mass is 127. The van der Waals surface area contributed by atoms with Crippen molar-refractivity contribution in [3.8, 4) is 0 Å². The molecule has 8 nitrogen and oxygen atoms in total. The Morgan fingerprint density at radius 3 is 2.70 bits per heavy atom. The Hall–Kier alpha value is -1.52. The van der Waals surface area contributed by atoms with Gasteiger partial charge >= 0.3 is 5.97 Å². The van der Waals surface area contributed by atoms with Crippen LogP contribution in [0.5, 0.6) is 0 Å². The Kier molecular flexibility index (Phi) is 4.68. The average molecular weight is 390 g/mol. The molecule has 0 fully saturated rings. The van der Waals surface area contributed by atoms with E-state index >= 15 is 0 Å². The van der Waals surface area contributed by atoms with Crippen molar-refractivity contribution in [1.82, 2.24) is 30.0 Å². The van der Waals surface area contributed by atoms with E-state index in [1.54, 1.807) is 24.7 Å². The lowest BCUT2D eigenvalue weighted by Gasteiger charge is -2.17. The molecular formula is C11H15IN6O2. The van der Waals surface area contributed by atoms with Crippen LogP contribution in [0, 0.1) is 9.49 Å². The summed E-state index contributed by atoms with van der Waals surface area (Å²) >= 11 is 2.18. The van der Waals surface area contributed by atoms with E-state index in [0.29, 0.717) is 0 Å². The predicted octanol–water partition coefficient (Wildman–Crippen LogP) is 0.800. The molecule has 1 unspecified atom stereocenters. The number of carbonyl (C=O) groups is 1. The Balaban J connectivity index is 2.25. The van der Waals surface area contributed by atoms with Gasteiger partial charge in [0, 0.05) is 7.05 Å². The number of ether oxygens (including phenoxy) is 1. The highest BCUT2D eigenvalue weighted by Gasteiger charge is 2.25. The summed E-state index contributed by atoms with van der Waals surface area (Å²) in [6.07, 6.45) is 3.09. The second-order valence-electron chi connectivity index (χ2n) is 4.56. The Morgan fingerprint density at radius 2 is 2.20 bits per heavy atom. The molecule has 0 aliphatic carbocycles. The summed E-state index contributed by atoms with van der Waals surface area (Å²) in [6, 6.07) is -0.348. The topological polar surface area (TPSA) is 87.7 Å². The van der Waals surface area contributed by atoms with Gasteiger partial charge in [0.15, 0.2) is 6.33 Å². The van der Waals surface area contributed by atoms with E-state index in [-0.39, 0.29) is 24.5 Å². The molecule has 0 amide bonds. The largest absolute Gasteiger partial charge is 0.463 e.